The number of carbonyl (C=O) groups is 3. The van der Waals surface area contributed by atoms with Crippen molar-refractivity contribution in [1.29, 1.82) is 0 Å². The Hall–Kier alpha value is -3.67. The maximum absolute atomic E-state index is 12.5. The first kappa shape index (κ1) is 15.8. The molecule has 0 bridgehead atoms. The van der Waals surface area contributed by atoms with Gasteiger partial charge >= 0.3 is 0 Å². The van der Waals surface area contributed by atoms with Crippen molar-refractivity contribution in [2.24, 2.45) is 0 Å². The second-order valence-corrected chi connectivity index (χ2v) is 5.93. The Morgan fingerprint density at radius 1 is 0.769 bits per heavy atom. The van der Waals surface area contributed by atoms with Gasteiger partial charge in [-0.2, -0.15) is 0 Å². The molecule has 3 N–H and O–H groups in total. The van der Waals surface area contributed by atoms with Crippen LogP contribution in [0.5, 0.6) is 0 Å². The zero-order chi connectivity index (χ0) is 18.3. The zero-order valence-electron chi connectivity index (χ0n) is 13.9. The molecule has 2 aromatic rings. The van der Waals surface area contributed by atoms with Crippen molar-refractivity contribution in [2.45, 2.75) is 0 Å². The molecule has 0 radical (unpaired) electrons. The van der Waals surface area contributed by atoms with Gasteiger partial charge in [-0.15, -0.1) is 0 Å². The van der Waals surface area contributed by atoms with Gasteiger partial charge in [0, 0.05) is 12.6 Å². The Balaban J connectivity index is 1.81. The normalized spacial score (nSPS) is 15.7. The number of carbonyl (C=O) groups excluding carboxylic acids is 3. The fourth-order valence-electron chi connectivity index (χ4n) is 3.15. The summed E-state index contributed by atoms with van der Waals surface area (Å²) in [5, 5.41) is 8.14. The second-order valence-electron chi connectivity index (χ2n) is 5.93. The number of amides is 3. The molecule has 6 heteroatoms. The van der Waals surface area contributed by atoms with Crippen molar-refractivity contribution in [3.8, 4) is 0 Å². The summed E-state index contributed by atoms with van der Waals surface area (Å²) in [5.41, 5.74) is 3.60. The van der Waals surface area contributed by atoms with E-state index < -0.39 is 0 Å². The standard InChI is InChI=1S/C20H15N3O3/c1-21-18(24)13-9-7-12(8-10-13)17-15-14(19(25)23-17)16(22-20(15)26)11-5-3-2-4-6-11/h2-10H,1H3,(H,21,24)(H,22,26)(H,23,25). The highest BCUT2D eigenvalue weighted by atomic mass is 16.2. The minimum Gasteiger partial charge on any atom is -0.355 e. The first-order chi connectivity index (χ1) is 12.6. The molecule has 3 amide bonds. The summed E-state index contributed by atoms with van der Waals surface area (Å²) in [6.07, 6.45) is 0. The average Bonchev–Trinajstić information content (AvgIpc) is 3.21. The molecule has 4 rings (SSSR count). The average molecular weight is 345 g/mol. The van der Waals surface area contributed by atoms with Gasteiger partial charge in [0.2, 0.25) is 0 Å². The third-order valence-electron chi connectivity index (χ3n) is 4.41. The van der Waals surface area contributed by atoms with Crippen molar-refractivity contribution in [3.05, 3.63) is 82.4 Å². The number of hydrogen-bond donors (Lipinski definition) is 3. The quantitative estimate of drug-likeness (QED) is 0.786. The smallest absolute Gasteiger partial charge is 0.258 e. The van der Waals surface area contributed by atoms with Crippen LogP contribution in [0.25, 0.3) is 11.4 Å². The Morgan fingerprint density at radius 2 is 1.27 bits per heavy atom. The molecule has 0 saturated carbocycles. The first-order valence-electron chi connectivity index (χ1n) is 8.09. The molecule has 2 heterocycles. The minimum atomic E-state index is -0.317. The van der Waals surface area contributed by atoms with Gasteiger partial charge in [-0.05, 0) is 23.3 Å². The first-order valence-corrected chi connectivity index (χ1v) is 8.09. The summed E-state index contributed by atoms with van der Waals surface area (Å²) >= 11 is 0. The highest BCUT2D eigenvalue weighted by Crippen LogP contribution is 2.37. The molecule has 0 aliphatic carbocycles. The Bertz CT molecular complexity index is 1000. The van der Waals surface area contributed by atoms with Crippen LogP contribution in [0, 0.1) is 0 Å². The van der Waals surface area contributed by atoms with E-state index in [2.05, 4.69) is 16.0 Å². The number of hydrogen-bond acceptors (Lipinski definition) is 3. The van der Waals surface area contributed by atoms with E-state index in [1.807, 2.05) is 30.3 Å². The van der Waals surface area contributed by atoms with Crippen LogP contribution in [0.2, 0.25) is 0 Å². The van der Waals surface area contributed by atoms with Crippen molar-refractivity contribution in [2.75, 3.05) is 7.05 Å². The van der Waals surface area contributed by atoms with E-state index in [4.69, 9.17) is 0 Å². The van der Waals surface area contributed by atoms with E-state index in [1.165, 1.54) is 0 Å². The fourth-order valence-corrected chi connectivity index (χ4v) is 3.15. The van der Waals surface area contributed by atoms with Gasteiger partial charge in [-0.3, -0.25) is 14.4 Å². The van der Waals surface area contributed by atoms with Gasteiger partial charge in [0.05, 0.1) is 22.5 Å². The maximum Gasteiger partial charge on any atom is 0.258 e. The SMILES string of the molecule is CNC(=O)c1ccc(C2=C3C(=O)NC(c4ccccc4)=C3C(=O)N2)cc1. The lowest BCUT2D eigenvalue weighted by Crippen LogP contribution is -2.21. The lowest BCUT2D eigenvalue weighted by molar-refractivity contribution is -0.117. The monoisotopic (exact) mass is 345 g/mol. The lowest BCUT2D eigenvalue weighted by Gasteiger charge is -2.08. The van der Waals surface area contributed by atoms with E-state index in [0.717, 1.165) is 5.56 Å². The van der Waals surface area contributed by atoms with Crippen molar-refractivity contribution in [3.63, 3.8) is 0 Å². The molecule has 0 aromatic heterocycles. The van der Waals surface area contributed by atoms with E-state index in [9.17, 15) is 14.4 Å². The van der Waals surface area contributed by atoms with Gasteiger partial charge in [0.15, 0.2) is 0 Å². The Kier molecular flexibility index (Phi) is 3.65. The molecule has 2 aliphatic rings. The Morgan fingerprint density at radius 3 is 1.77 bits per heavy atom. The summed E-state index contributed by atoms with van der Waals surface area (Å²) in [4.78, 5) is 36.7. The summed E-state index contributed by atoms with van der Waals surface area (Å²) in [6, 6.07) is 16.0. The van der Waals surface area contributed by atoms with Crippen molar-refractivity contribution < 1.29 is 14.4 Å². The molecule has 2 aliphatic heterocycles. The molecular weight excluding hydrogens is 330 g/mol. The van der Waals surface area contributed by atoms with E-state index in [0.29, 0.717) is 33.7 Å². The molecule has 6 nitrogen and oxygen atoms in total. The summed E-state index contributed by atoms with van der Waals surface area (Å²) in [7, 11) is 1.56. The molecule has 0 atom stereocenters. The van der Waals surface area contributed by atoms with Gasteiger partial charge in [0.25, 0.3) is 17.7 Å². The molecule has 26 heavy (non-hydrogen) atoms. The number of benzene rings is 2. The predicted molar refractivity (Wildman–Crippen MR) is 96.4 cm³/mol. The molecule has 0 unspecified atom stereocenters. The van der Waals surface area contributed by atoms with Crippen LogP contribution in [-0.4, -0.2) is 24.8 Å². The maximum atomic E-state index is 12.5. The van der Waals surface area contributed by atoms with Crippen LogP contribution < -0.4 is 16.0 Å². The van der Waals surface area contributed by atoms with Crippen LogP contribution in [0.4, 0.5) is 0 Å². The minimum absolute atomic E-state index is 0.199. The molecule has 0 spiro atoms. The fraction of sp³-hybridized carbons (Fsp3) is 0.0500. The summed E-state index contributed by atoms with van der Waals surface area (Å²) < 4.78 is 0. The van der Waals surface area contributed by atoms with Gasteiger partial charge in [0.1, 0.15) is 0 Å². The predicted octanol–water partition coefficient (Wildman–Crippen LogP) is 1.43. The molecule has 0 saturated heterocycles. The van der Waals surface area contributed by atoms with E-state index in [-0.39, 0.29) is 17.7 Å². The molecule has 2 aromatic carbocycles. The zero-order valence-corrected chi connectivity index (χ0v) is 13.9. The third kappa shape index (κ3) is 2.39. The Labute approximate surface area is 149 Å². The second kappa shape index (κ2) is 6.00. The van der Waals surface area contributed by atoms with Gasteiger partial charge < -0.3 is 16.0 Å². The van der Waals surface area contributed by atoms with Crippen LogP contribution in [0.15, 0.2) is 65.7 Å². The highest BCUT2D eigenvalue weighted by Gasteiger charge is 2.40. The molecular formula is C20H15N3O3. The van der Waals surface area contributed by atoms with Crippen molar-refractivity contribution >= 4 is 29.1 Å². The van der Waals surface area contributed by atoms with E-state index >= 15 is 0 Å². The third-order valence-corrected chi connectivity index (χ3v) is 4.41. The van der Waals surface area contributed by atoms with Crippen molar-refractivity contribution in [1.82, 2.24) is 16.0 Å². The van der Waals surface area contributed by atoms with E-state index in [1.54, 1.807) is 31.3 Å². The largest absolute Gasteiger partial charge is 0.355 e. The van der Waals surface area contributed by atoms with Gasteiger partial charge in [-0.25, -0.2) is 0 Å². The number of nitrogens with one attached hydrogen (secondary N) is 3. The van der Waals surface area contributed by atoms with Crippen LogP contribution >= 0.6 is 0 Å². The topological polar surface area (TPSA) is 87.3 Å². The molecule has 128 valence electrons. The van der Waals surface area contributed by atoms with Gasteiger partial charge in [-0.1, -0.05) is 42.5 Å². The number of fused-ring (bicyclic) bond motifs is 1. The highest BCUT2D eigenvalue weighted by molar-refractivity contribution is 6.30. The number of rotatable bonds is 3. The van der Waals surface area contributed by atoms with Crippen LogP contribution in [0.1, 0.15) is 21.5 Å². The molecule has 0 fully saturated rings. The van der Waals surface area contributed by atoms with Crippen LogP contribution in [0.3, 0.4) is 0 Å². The summed E-state index contributed by atoms with van der Waals surface area (Å²) in [5.74, 6) is -0.833. The lowest BCUT2D eigenvalue weighted by atomic mass is 10.0. The summed E-state index contributed by atoms with van der Waals surface area (Å²) in [6.45, 7) is 0. The van der Waals surface area contributed by atoms with Crippen LogP contribution in [-0.2, 0) is 9.59 Å².